The lowest BCUT2D eigenvalue weighted by molar-refractivity contribution is 0.0977. The van der Waals surface area contributed by atoms with Gasteiger partial charge in [0.05, 0.1) is 5.56 Å². The molecule has 0 atom stereocenters. The quantitative estimate of drug-likeness (QED) is 0.643. The Morgan fingerprint density at radius 3 is 2.89 bits per heavy atom. The second-order valence-electron chi connectivity index (χ2n) is 4.42. The van der Waals surface area contributed by atoms with Gasteiger partial charge in [0.25, 0.3) is 0 Å². The molecule has 3 nitrogen and oxygen atoms in total. The third-order valence-electron chi connectivity index (χ3n) is 3.06. The summed E-state index contributed by atoms with van der Waals surface area (Å²) in [6, 6.07) is 7.20. The van der Waals surface area contributed by atoms with Gasteiger partial charge in [-0.25, -0.2) is 0 Å². The van der Waals surface area contributed by atoms with Crippen LogP contribution >= 0.6 is 0 Å². The molecule has 0 bridgehead atoms. The van der Waals surface area contributed by atoms with Crippen molar-refractivity contribution in [3.63, 3.8) is 0 Å². The Balaban J connectivity index is 2.28. The van der Waals surface area contributed by atoms with E-state index in [0.29, 0.717) is 17.5 Å². The van der Waals surface area contributed by atoms with E-state index in [1.54, 1.807) is 12.3 Å². The molecule has 0 unspecified atom stereocenters. The number of phenols is 1. The summed E-state index contributed by atoms with van der Waals surface area (Å²) in [6.07, 6.45) is 5.10. The zero-order chi connectivity index (χ0) is 13.0. The van der Waals surface area contributed by atoms with Crippen molar-refractivity contribution in [2.45, 2.75) is 32.6 Å². The first-order valence-corrected chi connectivity index (χ1v) is 6.34. The predicted molar refractivity (Wildman–Crippen MR) is 71.9 cm³/mol. The van der Waals surface area contributed by atoms with Crippen LogP contribution < -0.4 is 0 Å². The smallest absolute Gasteiger partial charge is 0.166 e. The fourth-order valence-corrected chi connectivity index (χ4v) is 2.02. The highest BCUT2D eigenvalue weighted by molar-refractivity contribution is 6.03. The predicted octanol–water partition coefficient (Wildman–Crippen LogP) is 3.70. The van der Waals surface area contributed by atoms with Crippen LogP contribution in [0.5, 0.6) is 5.75 Å². The fraction of sp³-hybridized carbons (Fsp3) is 0.333. The number of Topliss-reactive ketones (excluding diaryl/α,β-unsaturated/α-hetero) is 1. The van der Waals surface area contributed by atoms with E-state index in [-0.39, 0.29) is 11.5 Å². The number of fused-ring (bicyclic) bond motifs is 1. The number of aromatic nitrogens is 1. The van der Waals surface area contributed by atoms with Gasteiger partial charge in [-0.2, -0.15) is 0 Å². The molecule has 1 aromatic carbocycles. The van der Waals surface area contributed by atoms with E-state index < -0.39 is 0 Å². The van der Waals surface area contributed by atoms with Crippen LogP contribution in [0.3, 0.4) is 0 Å². The lowest BCUT2D eigenvalue weighted by Gasteiger charge is -2.06. The number of hydrogen-bond donors (Lipinski definition) is 1. The van der Waals surface area contributed by atoms with Crippen molar-refractivity contribution in [2.24, 2.45) is 0 Å². The Labute approximate surface area is 106 Å². The van der Waals surface area contributed by atoms with E-state index in [0.717, 1.165) is 24.6 Å². The maximum absolute atomic E-state index is 12.0. The summed E-state index contributed by atoms with van der Waals surface area (Å²) in [5.41, 5.74) is 0.885. The Bertz CT molecular complexity index is 563. The van der Waals surface area contributed by atoms with Gasteiger partial charge in [-0.1, -0.05) is 31.9 Å². The molecule has 0 aliphatic rings. The van der Waals surface area contributed by atoms with Crippen LogP contribution in [0.4, 0.5) is 0 Å². The Kier molecular flexibility index (Phi) is 3.92. The van der Waals surface area contributed by atoms with Crippen LogP contribution in [-0.4, -0.2) is 15.9 Å². The van der Waals surface area contributed by atoms with E-state index in [1.807, 2.05) is 18.2 Å². The Morgan fingerprint density at radius 2 is 2.11 bits per heavy atom. The summed E-state index contributed by atoms with van der Waals surface area (Å²) in [5.74, 6) is 0.00287. The summed E-state index contributed by atoms with van der Waals surface area (Å²) in [7, 11) is 0. The lowest BCUT2D eigenvalue weighted by Crippen LogP contribution is -2.00. The molecule has 0 aliphatic carbocycles. The highest BCUT2D eigenvalue weighted by Crippen LogP contribution is 2.28. The molecule has 18 heavy (non-hydrogen) atoms. The molecular weight excluding hydrogens is 226 g/mol. The zero-order valence-corrected chi connectivity index (χ0v) is 10.5. The van der Waals surface area contributed by atoms with Crippen LogP contribution in [0.1, 0.15) is 43.0 Å². The monoisotopic (exact) mass is 243 g/mol. The first kappa shape index (κ1) is 12.6. The topological polar surface area (TPSA) is 50.2 Å². The molecule has 0 saturated carbocycles. The molecule has 0 radical (unpaired) electrons. The molecule has 0 amide bonds. The third kappa shape index (κ3) is 2.50. The van der Waals surface area contributed by atoms with Crippen LogP contribution in [-0.2, 0) is 0 Å². The Hall–Kier alpha value is -1.90. The highest BCUT2D eigenvalue weighted by atomic mass is 16.3. The van der Waals surface area contributed by atoms with Crippen molar-refractivity contribution >= 4 is 16.7 Å². The van der Waals surface area contributed by atoms with E-state index in [4.69, 9.17) is 0 Å². The number of aromatic hydroxyl groups is 1. The molecule has 2 rings (SSSR count). The molecule has 94 valence electrons. The summed E-state index contributed by atoms with van der Waals surface area (Å²) in [6.45, 7) is 2.10. The number of nitrogens with zero attached hydrogens (tertiary/aromatic N) is 1. The maximum atomic E-state index is 12.0. The van der Waals surface area contributed by atoms with Crippen molar-refractivity contribution in [2.75, 3.05) is 0 Å². The van der Waals surface area contributed by atoms with Gasteiger partial charge in [0.1, 0.15) is 5.52 Å². The molecule has 1 heterocycles. The number of carbonyl (C=O) groups is 1. The van der Waals surface area contributed by atoms with Gasteiger partial charge in [0.15, 0.2) is 11.5 Å². The molecule has 1 aromatic heterocycles. The number of benzene rings is 1. The lowest BCUT2D eigenvalue weighted by atomic mass is 10.0. The second-order valence-corrected chi connectivity index (χ2v) is 4.42. The van der Waals surface area contributed by atoms with Gasteiger partial charge in [-0.15, -0.1) is 0 Å². The van der Waals surface area contributed by atoms with Gasteiger partial charge < -0.3 is 5.11 Å². The van der Waals surface area contributed by atoms with Crippen molar-refractivity contribution < 1.29 is 9.90 Å². The summed E-state index contributed by atoms with van der Waals surface area (Å²) in [4.78, 5) is 16.1. The standard InChI is InChI=1S/C15H17NO2/c1-2-3-4-7-13(17)12-9-8-11-6-5-10-16-14(11)15(12)18/h5-6,8-10,18H,2-4,7H2,1H3. The maximum Gasteiger partial charge on any atom is 0.166 e. The molecule has 0 aliphatic heterocycles. The van der Waals surface area contributed by atoms with Crippen molar-refractivity contribution in [1.82, 2.24) is 4.98 Å². The van der Waals surface area contributed by atoms with Gasteiger partial charge >= 0.3 is 0 Å². The molecule has 2 aromatic rings. The molecule has 0 spiro atoms. The number of rotatable bonds is 5. The van der Waals surface area contributed by atoms with Crippen molar-refractivity contribution in [3.8, 4) is 5.75 Å². The molecule has 0 fully saturated rings. The van der Waals surface area contributed by atoms with Crippen molar-refractivity contribution in [1.29, 1.82) is 0 Å². The number of pyridine rings is 1. The number of carbonyl (C=O) groups excluding carboxylic acids is 1. The van der Waals surface area contributed by atoms with E-state index >= 15 is 0 Å². The molecule has 1 N–H and O–H groups in total. The van der Waals surface area contributed by atoms with E-state index in [1.165, 1.54) is 0 Å². The van der Waals surface area contributed by atoms with Gasteiger partial charge in [-0.3, -0.25) is 9.78 Å². The van der Waals surface area contributed by atoms with E-state index in [9.17, 15) is 9.90 Å². The molecular formula is C15H17NO2. The average molecular weight is 243 g/mol. The zero-order valence-electron chi connectivity index (χ0n) is 10.5. The van der Waals surface area contributed by atoms with Crippen LogP contribution in [0.25, 0.3) is 10.9 Å². The first-order valence-electron chi connectivity index (χ1n) is 6.34. The summed E-state index contributed by atoms with van der Waals surface area (Å²) < 4.78 is 0. The normalized spacial score (nSPS) is 10.7. The SMILES string of the molecule is CCCCCC(=O)c1ccc2cccnc2c1O. The largest absolute Gasteiger partial charge is 0.505 e. The van der Waals surface area contributed by atoms with Crippen LogP contribution in [0.15, 0.2) is 30.5 Å². The van der Waals surface area contributed by atoms with Crippen molar-refractivity contribution in [3.05, 3.63) is 36.0 Å². The molecule has 0 saturated heterocycles. The van der Waals surface area contributed by atoms with Gasteiger partial charge in [-0.05, 0) is 18.6 Å². The average Bonchev–Trinajstić information content (AvgIpc) is 2.39. The summed E-state index contributed by atoms with van der Waals surface area (Å²) >= 11 is 0. The van der Waals surface area contributed by atoms with Crippen LogP contribution in [0.2, 0.25) is 0 Å². The highest BCUT2D eigenvalue weighted by Gasteiger charge is 2.13. The van der Waals surface area contributed by atoms with Gasteiger partial charge in [0, 0.05) is 18.0 Å². The third-order valence-corrected chi connectivity index (χ3v) is 3.06. The van der Waals surface area contributed by atoms with Crippen LogP contribution in [0, 0.1) is 0 Å². The minimum Gasteiger partial charge on any atom is -0.505 e. The number of hydrogen-bond acceptors (Lipinski definition) is 3. The molecule has 3 heteroatoms. The minimum absolute atomic E-state index is 0.00602. The Morgan fingerprint density at radius 1 is 1.28 bits per heavy atom. The first-order chi connectivity index (χ1) is 8.74. The van der Waals surface area contributed by atoms with Gasteiger partial charge in [0.2, 0.25) is 0 Å². The minimum atomic E-state index is -0.00602. The number of ketones is 1. The number of unbranched alkanes of at least 4 members (excludes halogenated alkanes) is 2. The summed E-state index contributed by atoms with van der Waals surface area (Å²) in [5, 5.41) is 10.9. The van der Waals surface area contributed by atoms with E-state index in [2.05, 4.69) is 11.9 Å². The fourth-order valence-electron chi connectivity index (χ4n) is 2.02. The second kappa shape index (κ2) is 5.63. The number of phenolic OH excluding ortho intramolecular Hbond substituents is 1.